The molecule has 0 aliphatic carbocycles. The SMILES string of the molecule is CCSCCN1CC(CC(=O)O)c2ccccc21. The quantitative estimate of drug-likeness (QED) is 0.803. The highest BCUT2D eigenvalue weighted by Gasteiger charge is 2.29. The fourth-order valence-electron chi connectivity index (χ4n) is 2.50. The van der Waals surface area contributed by atoms with Crippen molar-refractivity contribution in [1.29, 1.82) is 0 Å². The molecule has 1 aromatic rings. The zero-order chi connectivity index (χ0) is 13.0. The van der Waals surface area contributed by atoms with E-state index in [1.165, 1.54) is 11.3 Å². The second-order valence-corrected chi connectivity index (χ2v) is 5.89. The first kappa shape index (κ1) is 13.3. The van der Waals surface area contributed by atoms with Crippen molar-refractivity contribution in [3.63, 3.8) is 0 Å². The van der Waals surface area contributed by atoms with Gasteiger partial charge >= 0.3 is 5.97 Å². The van der Waals surface area contributed by atoms with E-state index in [9.17, 15) is 4.79 Å². The van der Waals surface area contributed by atoms with E-state index >= 15 is 0 Å². The highest BCUT2D eigenvalue weighted by Crippen LogP contribution is 2.37. The third-order valence-electron chi connectivity index (χ3n) is 3.29. The monoisotopic (exact) mass is 265 g/mol. The molecule has 0 amide bonds. The normalized spacial score (nSPS) is 17.8. The summed E-state index contributed by atoms with van der Waals surface area (Å²) >= 11 is 1.93. The van der Waals surface area contributed by atoms with Gasteiger partial charge in [0.1, 0.15) is 0 Å². The van der Waals surface area contributed by atoms with Crippen molar-refractivity contribution >= 4 is 23.4 Å². The Hall–Kier alpha value is -1.16. The Morgan fingerprint density at radius 3 is 3.00 bits per heavy atom. The van der Waals surface area contributed by atoms with Crippen LogP contribution in [0.15, 0.2) is 24.3 Å². The highest BCUT2D eigenvalue weighted by atomic mass is 32.2. The number of aliphatic carboxylic acids is 1. The van der Waals surface area contributed by atoms with Crippen molar-refractivity contribution < 1.29 is 9.90 Å². The molecular formula is C14H19NO2S. The van der Waals surface area contributed by atoms with Crippen LogP contribution in [-0.2, 0) is 4.79 Å². The van der Waals surface area contributed by atoms with Crippen LogP contribution in [0.5, 0.6) is 0 Å². The Morgan fingerprint density at radius 1 is 1.50 bits per heavy atom. The Bertz CT molecular complexity index is 422. The van der Waals surface area contributed by atoms with Crippen LogP contribution in [0.3, 0.4) is 0 Å². The fraction of sp³-hybridized carbons (Fsp3) is 0.500. The van der Waals surface area contributed by atoms with E-state index < -0.39 is 5.97 Å². The lowest BCUT2D eigenvalue weighted by atomic mass is 9.98. The summed E-state index contributed by atoms with van der Waals surface area (Å²) in [6.45, 7) is 4.01. The molecule has 98 valence electrons. The van der Waals surface area contributed by atoms with Crippen molar-refractivity contribution in [1.82, 2.24) is 0 Å². The Morgan fingerprint density at radius 2 is 2.28 bits per heavy atom. The number of thioether (sulfide) groups is 1. The Balaban J connectivity index is 2.09. The number of hydrogen-bond donors (Lipinski definition) is 1. The van der Waals surface area contributed by atoms with Crippen LogP contribution in [-0.4, -0.2) is 35.7 Å². The summed E-state index contributed by atoms with van der Waals surface area (Å²) in [6.07, 6.45) is 0.231. The van der Waals surface area contributed by atoms with E-state index in [0.717, 1.165) is 24.6 Å². The number of carboxylic acid groups (broad SMARTS) is 1. The first-order valence-corrected chi connectivity index (χ1v) is 7.51. The first-order valence-electron chi connectivity index (χ1n) is 6.35. The number of fused-ring (bicyclic) bond motifs is 1. The number of para-hydroxylation sites is 1. The van der Waals surface area contributed by atoms with Gasteiger partial charge in [0.05, 0.1) is 6.42 Å². The first-order chi connectivity index (χ1) is 8.72. The number of rotatable bonds is 6. The van der Waals surface area contributed by atoms with Crippen LogP contribution in [0.4, 0.5) is 5.69 Å². The molecular weight excluding hydrogens is 246 g/mol. The van der Waals surface area contributed by atoms with Gasteiger partial charge in [0, 0.05) is 30.4 Å². The number of nitrogens with zero attached hydrogens (tertiary/aromatic N) is 1. The molecule has 0 radical (unpaired) electrons. The van der Waals surface area contributed by atoms with Gasteiger partial charge in [-0.2, -0.15) is 11.8 Å². The lowest BCUT2D eigenvalue weighted by Gasteiger charge is -2.19. The zero-order valence-corrected chi connectivity index (χ0v) is 11.4. The predicted octanol–water partition coefficient (Wildman–Crippen LogP) is 2.82. The maximum Gasteiger partial charge on any atom is 0.304 e. The van der Waals surface area contributed by atoms with E-state index in [1.807, 2.05) is 23.9 Å². The Labute approximate surface area is 112 Å². The van der Waals surface area contributed by atoms with Gasteiger partial charge in [-0.3, -0.25) is 4.79 Å². The molecule has 0 spiro atoms. The van der Waals surface area contributed by atoms with Crippen molar-refractivity contribution in [2.24, 2.45) is 0 Å². The average molecular weight is 265 g/mol. The van der Waals surface area contributed by atoms with E-state index in [2.05, 4.69) is 24.0 Å². The van der Waals surface area contributed by atoms with Crippen molar-refractivity contribution in [3.05, 3.63) is 29.8 Å². The molecule has 1 unspecified atom stereocenters. The maximum atomic E-state index is 10.9. The molecule has 0 saturated carbocycles. The van der Waals surface area contributed by atoms with Crippen LogP contribution in [0.25, 0.3) is 0 Å². The molecule has 18 heavy (non-hydrogen) atoms. The minimum atomic E-state index is -0.709. The molecule has 0 fully saturated rings. The summed E-state index contributed by atoms with van der Waals surface area (Å²) in [5.74, 6) is 1.67. The number of benzene rings is 1. The molecule has 0 bridgehead atoms. The van der Waals surface area contributed by atoms with Gasteiger partial charge < -0.3 is 10.0 Å². The van der Waals surface area contributed by atoms with Crippen LogP contribution in [0.1, 0.15) is 24.8 Å². The zero-order valence-electron chi connectivity index (χ0n) is 10.6. The fourth-order valence-corrected chi connectivity index (χ4v) is 3.14. The van der Waals surface area contributed by atoms with Gasteiger partial charge in [0.2, 0.25) is 0 Å². The molecule has 2 rings (SSSR count). The van der Waals surface area contributed by atoms with Gasteiger partial charge in [0.25, 0.3) is 0 Å². The summed E-state index contributed by atoms with van der Waals surface area (Å²) in [7, 11) is 0. The third-order valence-corrected chi connectivity index (χ3v) is 4.17. The lowest BCUT2D eigenvalue weighted by molar-refractivity contribution is -0.137. The lowest BCUT2D eigenvalue weighted by Crippen LogP contribution is -2.25. The molecule has 1 aromatic carbocycles. The average Bonchev–Trinajstić information content (AvgIpc) is 2.68. The van der Waals surface area contributed by atoms with Gasteiger partial charge in [-0.25, -0.2) is 0 Å². The topological polar surface area (TPSA) is 40.5 Å². The van der Waals surface area contributed by atoms with Gasteiger partial charge in [-0.05, 0) is 17.4 Å². The van der Waals surface area contributed by atoms with E-state index in [1.54, 1.807) is 0 Å². The molecule has 1 aliphatic heterocycles. The molecule has 3 nitrogen and oxygen atoms in total. The van der Waals surface area contributed by atoms with Gasteiger partial charge in [0.15, 0.2) is 0 Å². The van der Waals surface area contributed by atoms with E-state index in [-0.39, 0.29) is 12.3 Å². The predicted molar refractivity (Wildman–Crippen MR) is 76.6 cm³/mol. The number of hydrogen-bond acceptors (Lipinski definition) is 3. The number of carboxylic acids is 1. The van der Waals surface area contributed by atoms with Crippen LogP contribution in [0, 0.1) is 0 Å². The van der Waals surface area contributed by atoms with Crippen molar-refractivity contribution in [2.45, 2.75) is 19.3 Å². The maximum absolute atomic E-state index is 10.9. The molecule has 0 saturated heterocycles. The van der Waals surface area contributed by atoms with Gasteiger partial charge in [-0.1, -0.05) is 25.1 Å². The summed E-state index contributed by atoms with van der Waals surface area (Å²) in [4.78, 5) is 13.2. The highest BCUT2D eigenvalue weighted by molar-refractivity contribution is 7.99. The summed E-state index contributed by atoms with van der Waals surface area (Å²) in [6, 6.07) is 8.20. The molecule has 1 atom stereocenters. The van der Waals surface area contributed by atoms with Crippen molar-refractivity contribution in [2.75, 3.05) is 29.5 Å². The molecule has 4 heteroatoms. The van der Waals surface area contributed by atoms with Crippen molar-refractivity contribution in [3.8, 4) is 0 Å². The van der Waals surface area contributed by atoms with Crippen LogP contribution in [0.2, 0.25) is 0 Å². The summed E-state index contributed by atoms with van der Waals surface area (Å²) < 4.78 is 0. The molecule has 0 aromatic heterocycles. The number of carbonyl (C=O) groups is 1. The van der Waals surface area contributed by atoms with E-state index in [0.29, 0.717) is 0 Å². The smallest absolute Gasteiger partial charge is 0.304 e. The molecule has 1 aliphatic rings. The summed E-state index contributed by atoms with van der Waals surface area (Å²) in [5.41, 5.74) is 2.42. The number of anilines is 1. The largest absolute Gasteiger partial charge is 0.481 e. The van der Waals surface area contributed by atoms with Crippen LogP contribution >= 0.6 is 11.8 Å². The van der Waals surface area contributed by atoms with E-state index in [4.69, 9.17) is 5.11 Å². The minimum Gasteiger partial charge on any atom is -0.481 e. The van der Waals surface area contributed by atoms with Crippen LogP contribution < -0.4 is 4.90 Å². The second-order valence-electron chi connectivity index (χ2n) is 4.50. The standard InChI is InChI=1S/C14H19NO2S/c1-2-18-8-7-15-10-11(9-14(16)17)12-5-3-4-6-13(12)15/h3-6,11H,2,7-10H2,1H3,(H,16,17). The molecule has 1 heterocycles. The summed E-state index contributed by atoms with van der Waals surface area (Å²) in [5, 5.41) is 8.98. The minimum absolute atomic E-state index is 0.144. The third kappa shape index (κ3) is 2.99. The molecule has 1 N–H and O–H groups in total. The van der Waals surface area contributed by atoms with Gasteiger partial charge in [-0.15, -0.1) is 0 Å². The second kappa shape index (κ2) is 6.14. The Kier molecular flexibility index (Phi) is 4.53.